The van der Waals surface area contributed by atoms with Crippen LogP contribution >= 0.6 is 0 Å². The number of carboxylic acid groups (broad SMARTS) is 1. The van der Waals surface area contributed by atoms with Gasteiger partial charge in [0.1, 0.15) is 0 Å². The smallest absolute Gasteiger partial charge is 0.328 e. The molecular weight excluding hydrogens is 176 g/mol. The maximum atomic E-state index is 9.75. The minimum absolute atomic E-state index is 0.914. The van der Waals surface area contributed by atoms with E-state index in [0.717, 1.165) is 6.08 Å². The Morgan fingerprint density at radius 1 is 1.00 bits per heavy atom. The Morgan fingerprint density at radius 2 is 1.43 bits per heavy atom. The zero-order valence-corrected chi connectivity index (χ0v) is 8.13. The van der Waals surface area contributed by atoms with Crippen molar-refractivity contribution in [3.63, 3.8) is 0 Å². The zero-order chi connectivity index (χ0) is 10.6. The summed E-state index contributed by atoms with van der Waals surface area (Å²) in [5.41, 5.74) is 0. The molecular formula is C12H14O2. The first-order valence-electron chi connectivity index (χ1n) is 4.29. The van der Waals surface area contributed by atoms with Gasteiger partial charge in [-0.1, -0.05) is 54.6 Å². The van der Waals surface area contributed by atoms with Crippen LogP contribution in [0.5, 0.6) is 0 Å². The third-order valence-corrected chi connectivity index (χ3v) is 1.21. The number of carbonyl (C=O) groups is 1. The molecule has 2 nitrogen and oxygen atoms in total. The summed E-state index contributed by atoms with van der Waals surface area (Å²) in [7, 11) is 0. The third kappa shape index (κ3) is 10.2. The number of benzene rings is 1. The molecule has 0 saturated heterocycles. The summed E-state index contributed by atoms with van der Waals surface area (Å²) in [5.74, 6) is -0.914. The lowest BCUT2D eigenvalue weighted by Gasteiger charge is -1.72. The standard InChI is InChI=1S/C6H8O2.C6H6/c1-2-3-4-5-6(7)8;1-2-4-6-5-3-1/h2-5H,1H3,(H,7,8);1-6H. The van der Waals surface area contributed by atoms with Crippen LogP contribution in [0.2, 0.25) is 0 Å². The number of hydrogen-bond donors (Lipinski definition) is 1. The van der Waals surface area contributed by atoms with E-state index in [-0.39, 0.29) is 0 Å². The first-order valence-corrected chi connectivity index (χ1v) is 4.29. The van der Waals surface area contributed by atoms with Crippen molar-refractivity contribution in [2.75, 3.05) is 0 Å². The fraction of sp³-hybridized carbons (Fsp3) is 0.0833. The normalized spacial score (nSPS) is 9.79. The van der Waals surface area contributed by atoms with Gasteiger partial charge in [0.25, 0.3) is 0 Å². The second-order valence-electron chi connectivity index (χ2n) is 2.38. The number of hydrogen-bond acceptors (Lipinski definition) is 1. The van der Waals surface area contributed by atoms with E-state index in [9.17, 15) is 4.79 Å². The van der Waals surface area contributed by atoms with Gasteiger partial charge in [-0.15, -0.1) is 0 Å². The van der Waals surface area contributed by atoms with Crippen molar-refractivity contribution < 1.29 is 9.90 Å². The van der Waals surface area contributed by atoms with Gasteiger partial charge in [-0.25, -0.2) is 4.79 Å². The van der Waals surface area contributed by atoms with Gasteiger partial charge in [-0.2, -0.15) is 0 Å². The molecule has 1 rings (SSSR count). The Labute approximate surface area is 84.2 Å². The number of allylic oxidation sites excluding steroid dienone is 3. The lowest BCUT2D eigenvalue weighted by molar-refractivity contribution is -0.131. The molecule has 0 spiro atoms. The number of rotatable bonds is 2. The molecule has 0 aliphatic heterocycles. The average Bonchev–Trinajstić information content (AvgIpc) is 2.21. The van der Waals surface area contributed by atoms with Crippen LogP contribution in [0.4, 0.5) is 0 Å². The van der Waals surface area contributed by atoms with Crippen LogP contribution in [0.1, 0.15) is 6.92 Å². The van der Waals surface area contributed by atoms with Crippen LogP contribution in [0.15, 0.2) is 60.7 Å². The molecule has 74 valence electrons. The number of carboxylic acids is 1. The van der Waals surface area contributed by atoms with Crippen LogP contribution in [0, 0.1) is 0 Å². The van der Waals surface area contributed by atoms with E-state index in [2.05, 4.69) is 0 Å². The van der Waals surface area contributed by atoms with Crippen molar-refractivity contribution in [3.8, 4) is 0 Å². The summed E-state index contributed by atoms with van der Waals surface area (Å²) in [4.78, 5) is 9.75. The van der Waals surface area contributed by atoms with Gasteiger partial charge in [-0.3, -0.25) is 0 Å². The predicted octanol–water partition coefficient (Wildman–Crippen LogP) is 2.89. The molecule has 0 atom stereocenters. The largest absolute Gasteiger partial charge is 0.478 e. The SMILES string of the molecule is CC=CC=CC(=O)O.c1ccccc1. The van der Waals surface area contributed by atoms with E-state index in [1.165, 1.54) is 6.08 Å². The monoisotopic (exact) mass is 190 g/mol. The molecule has 0 unspecified atom stereocenters. The molecule has 0 heterocycles. The minimum atomic E-state index is -0.914. The van der Waals surface area contributed by atoms with Crippen molar-refractivity contribution in [2.45, 2.75) is 6.92 Å². The fourth-order valence-corrected chi connectivity index (χ4v) is 0.634. The van der Waals surface area contributed by atoms with Crippen LogP contribution in [0.25, 0.3) is 0 Å². The highest BCUT2D eigenvalue weighted by molar-refractivity contribution is 5.80. The van der Waals surface area contributed by atoms with Gasteiger partial charge in [0.2, 0.25) is 0 Å². The molecule has 0 aromatic heterocycles. The molecule has 0 fully saturated rings. The first kappa shape index (κ1) is 12.2. The lowest BCUT2D eigenvalue weighted by Crippen LogP contribution is -1.83. The Kier molecular flexibility index (Phi) is 8.05. The zero-order valence-electron chi connectivity index (χ0n) is 8.13. The Morgan fingerprint density at radius 3 is 1.71 bits per heavy atom. The van der Waals surface area contributed by atoms with Crippen LogP contribution in [-0.2, 0) is 4.79 Å². The van der Waals surface area contributed by atoms with Crippen molar-refractivity contribution in [2.24, 2.45) is 0 Å². The van der Waals surface area contributed by atoms with Crippen LogP contribution < -0.4 is 0 Å². The van der Waals surface area contributed by atoms with Crippen molar-refractivity contribution in [3.05, 3.63) is 60.7 Å². The van der Waals surface area contributed by atoms with E-state index < -0.39 is 5.97 Å². The predicted molar refractivity (Wildman–Crippen MR) is 58.0 cm³/mol. The highest BCUT2D eigenvalue weighted by Gasteiger charge is 1.78. The summed E-state index contributed by atoms with van der Waals surface area (Å²) in [6, 6.07) is 12.0. The van der Waals surface area contributed by atoms with Gasteiger partial charge in [0, 0.05) is 6.08 Å². The van der Waals surface area contributed by atoms with Crippen molar-refractivity contribution >= 4 is 5.97 Å². The van der Waals surface area contributed by atoms with E-state index in [1.807, 2.05) is 43.3 Å². The molecule has 0 aliphatic rings. The minimum Gasteiger partial charge on any atom is -0.478 e. The Hall–Kier alpha value is -1.83. The summed E-state index contributed by atoms with van der Waals surface area (Å²) in [6.45, 7) is 1.83. The van der Waals surface area contributed by atoms with E-state index in [1.54, 1.807) is 12.2 Å². The third-order valence-electron chi connectivity index (χ3n) is 1.21. The maximum absolute atomic E-state index is 9.75. The molecule has 0 saturated carbocycles. The summed E-state index contributed by atoms with van der Waals surface area (Å²) >= 11 is 0. The molecule has 2 heteroatoms. The number of aliphatic carboxylic acids is 1. The molecule has 14 heavy (non-hydrogen) atoms. The van der Waals surface area contributed by atoms with Gasteiger partial charge >= 0.3 is 5.97 Å². The maximum Gasteiger partial charge on any atom is 0.328 e. The molecule has 1 N–H and O–H groups in total. The molecule has 0 bridgehead atoms. The second-order valence-corrected chi connectivity index (χ2v) is 2.38. The Bertz CT molecular complexity index is 260. The lowest BCUT2D eigenvalue weighted by atomic mass is 10.4. The van der Waals surface area contributed by atoms with Crippen molar-refractivity contribution in [1.29, 1.82) is 0 Å². The molecule has 0 radical (unpaired) electrons. The molecule has 1 aromatic rings. The van der Waals surface area contributed by atoms with Gasteiger partial charge < -0.3 is 5.11 Å². The van der Waals surface area contributed by atoms with Gasteiger partial charge in [0.15, 0.2) is 0 Å². The van der Waals surface area contributed by atoms with E-state index in [4.69, 9.17) is 5.11 Å². The fourth-order valence-electron chi connectivity index (χ4n) is 0.634. The average molecular weight is 190 g/mol. The van der Waals surface area contributed by atoms with E-state index >= 15 is 0 Å². The second kappa shape index (κ2) is 9.26. The Balaban J connectivity index is 0.000000249. The highest BCUT2D eigenvalue weighted by atomic mass is 16.4. The van der Waals surface area contributed by atoms with E-state index in [0.29, 0.717) is 0 Å². The summed E-state index contributed by atoms with van der Waals surface area (Å²) in [6.07, 6.45) is 5.98. The van der Waals surface area contributed by atoms with Crippen LogP contribution in [0.3, 0.4) is 0 Å². The molecule has 0 amide bonds. The molecule has 1 aromatic carbocycles. The quantitative estimate of drug-likeness (QED) is 0.575. The highest BCUT2D eigenvalue weighted by Crippen LogP contribution is 1.79. The van der Waals surface area contributed by atoms with Crippen LogP contribution in [-0.4, -0.2) is 11.1 Å². The molecule has 0 aliphatic carbocycles. The summed E-state index contributed by atoms with van der Waals surface area (Å²) < 4.78 is 0. The van der Waals surface area contributed by atoms with Gasteiger partial charge in [0.05, 0.1) is 0 Å². The first-order chi connectivity index (χ1) is 6.77. The van der Waals surface area contributed by atoms with Gasteiger partial charge in [-0.05, 0) is 6.92 Å². The summed E-state index contributed by atoms with van der Waals surface area (Å²) in [5, 5.41) is 8.02. The van der Waals surface area contributed by atoms with Crippen molar-refractivity contribution in [1.82, 2.24) is 0 Å². The topological polar surface area (TPSA) is 37.3 Å².